The van der Waals surface area contributed by atoms with Gasteiger partial charge in [0.1, 0.15) is 0 Å². The summed E-state index contributed by atoms with van der Waals surface area (Å²) in [7, 11) is 2.14. The minimum absolute atomic E-state index is 0.0622. The average Bonchev–Trinajstić information content (AvgIpc) is 2.67. The van der Waals surface area contributed by atoms with Gasteiger partial charge in [-0.2, -0.15) is 0 Å². The van der Waals surface area contributed by atoms with Crippen LogP contribution in [-0.2, 0) is 4.79 Å². The highest BCUT2D eigenvalue weighted by Crippen LogP contribution is 2.28. The number of hydrogen-bond acceptors (Lipinski definition) is 4. The third kappa shape index (κ3) is 5.08. The number of piperazine rings is 1. The Labute approximate surface area is 161 Å². The standard InChI is InChI=1S/C21H31N3O3/c1-16-3-5-17(6-4-16)21(27)24-10-9-19(18(15-24)7-8-20(25)26)23-13-11-22(2)12-14-23/h3-6,18-19H,7-15H2,1-2H3,(H,25,26)/t18-,19+/m1/s1. The van der Waals surface area contributed by atoms with Gasteiger partial charge in [-0.3, -0.25) is 14.5 Å². The molecule has 0 unspecified atom stereocenters. The van der Waals surface area contributed by atoms with E-state index in [9.17, 15) is 9.59 Å². The molecule has 1 amide bonds. The second kappa shape index (κ2) is 8.85. The number of carboxylic acids is 1. The topological polar surface area (TPSA) is 64.1 Å². The fraction of sp³-hybridized carbons (Fsp3) is 0.619. The molecule has 0 bridgehead atoms. The van der Waals surface area contributed by atoms with Crippen molar-refractivity contribution in [2.24, 2.45) is 5.92 Å². The lowest BCUT2D eigenvalue weighted by atomic mass is 9.86. The van der Waals surface area contributed by atoms with Crippen molar-refractivity contribution in [3.8, 4) is 0 Å². The van der Waals surface area contributed by atoms with Crippen LogP contribution in [0.15, 0.2) is 24.3 Å². The largest absolute Gasteiger partial charge is 0.481 e. The summed E-state index contributed by atoms with van der Waals surface area (Å²) < 4.78 is 0. The molecule has 2 fully saturated rings. The van der Waals surface area contributed by atoms with E-state index < -0.39 is 5.97 Å². The van der Waals surface area contributed by atoms with Gasteiger partial charge in [0, 0.05) is 57.3 Å². The summed E-state index contributed by atoms with van der Waals surface area (Å²) in [5, 5.41) is 9.15. The second-order valence-corrected chi connectivity index (χ2v) is 8.00. The molecule has 0 aromatic heterocycles. The molecule has 2 aliphatic heterocycles. The Bertz CT molecular complexity index is 653. The normalized spacial score (nSPS) is 24.7. The van der Waals surface area contributed by atoms with E-state index in [1.165, 1.54) is 0 Å². The predicted molar refractivity (Wildman–Crippen MR) is 105 cm³/mol. The first kappa shape index (κ1) is 19.8. The highest BCUT2D eigenvalue weighted by molar-refractivity contribution is 5.94. The summed E-state index contributed by atoms with van der Waals surface area (Å²) >= 11 is 0. The fourth-order valence-electron chi connectivity index (χ4n) is 4.31. The van der Waals surface area contributed by atoms with Gasteiger partial charge >= 0.3 is 5.97 Å². The summed E-state index contributed by atoms with van der Waals surface area (Å²) in [5.74, 6) is -0.478. The summed E-state index contributed by atoms with van der Waals surface area (Å²) in [6.07, 6.45) is 1.72. The lowest BCUT2D eigenvalue weighted by molar-refractivity contribution is -0.137. The molecule has 3 rings (SSSR count). The number of benzene rings is 1. The third-order valence-electron chi connectivity index (χ3n) is 6.02. The Hall–Kier alpha value is -1.92. The molecule has 1 aromatic carbocycles. The number of carboxylic acid groups (broad SMARTS) is 1. The van der Waals surface area contributed by atoms with Crippen LogP contribution in [-0.4, -0.2) is 84.0 Å². The SMILES string of the molecule is Cc1ccc(C(=O)N2CC[C@H](N3CCN(C)CC3)[C@H](CCC(=O)O)C2)cc1. The molecule has 6 heteroatoms. The lowest BCUT2D eigenvalue weighted by Crippen LogP contribution is -2.57. The number of piperidine rings is 1. The molecule has 0 saturated carbocycles. The Morgan fingerprint density at radius 1 is 1.07 bits per heavy atom. The van der Waals surface area contributed by atoms with E-state index in [0.29, 0.717) is 19.0 Å². The maximum absolute atomic E-state index is 12.9. The molecule has 0 spiro atoms. The van der Waals surface area contributed by atoms with E-state index in [4.69, 9.17) is 5.11 Å². The van der Waals surface area contributed by atoms with Crippen LogP contribution in [0, 0.1) is 12.8 Å². The highest BCUT2D eigenvalue weighted by atomic mass is 16.4. The zero-order chi connectivity index (χ0) is 19.4. The summed E-state index contributed by atoms with van der Waals surface area (Å²) in [6.45, 7) is 7.55. The molecule has 1 aromatic rings. The molecule has 2 heterocycles. The first-order valence-corrected chi connectivity index (χ1v) is 9.94. The van der Waals surface area contributed by atoms with Crippen LogP contribution in [0.2, 0.25) is 0 Å². The minimum Gasteiger partial charge on any atom is -0.481 e. The Morgan fingerprint density at radius 3 is 2.37 bits per heavy atom. The summed E-state index contributed by atoms with van der Waals surface area (Å²) in [4.78, 5) is 30.8. The molecule has 0 radical (unpaired) electrons. The van der Waals surface area contributed by atoms with Gasteiger partial charge in [0.05, 0.1) is 0 Å². The van der Waals surface area contributed by atoms with E-state index in [0.717, 1.165) is 50.3 Å². The van der Waals surface area contributed by atoms with E-state index in [1.54, 1.807) is 0 Å². The smallest absolute Gasteiger partial charge is 0.303 e. The quantitative estimate of drug-likeness (QED) is 0.855. The molecule has 0 aliphatic carbocycles. The van der Waals surface area contributed by atoms with Crippen LogP contribution in [0.3, 0.4) is 0 Å². The number of hydrogen-bond donors (Lipinski definition) is 1. The van der Waals surface area contributed by atoms with E-state index in [2.05, 4.69) is 16.8 Å². The van der Waals surface area contributed by atoms with Crippen LogP contribution in [0.25, 0.3) is 0 Å². The zero-order valence-electron chi connectivity index (χ0n) is 16.4. The molecular weight excluding hydrogens is 342 g/mol. The van der Waals surface area contributed by atoms with Crippen molar-refractivity contribution in [2.75, 3.05) is 46.3 Å². The number of likely N-dealkylation sites (tertiary alicyclic amines) is 1. The van der Waals surface area contributed by atoms with Crippen LogP contribution >= 0.6 is 0 Å². The Kier molecular flexibility index (Phi) is 6.50. The predicted octanol–water partition coefficient (Wildman–Crippen LogP) is 1.94. The van der Waals surface area contributed by atoms with Crippen LogP contribution in [0.4, 0.5) is 0 Å². The van der Waals surface area contributed by atoms with Gasteiger partial charge in [-0.15, -0.1) is 0 Å². The van der Waals surface area contributed by atoms with Crippen molar-refractivity contribution in [2.45, 2.75) is 32.2 Å². The molecule has 2 atom stereocenters. The van der Waals surface area contributed by atoms with Crippen molar-refractivity contribution in [3.05, 3.63) is 35.4 Å². The first-order valence-electron chi connectivity index (χ1n) is 9.94. The summed E-state index contributed by atoms with van der Waals surface area (Å²) in [6, 6.07) is 8.07. The summed E-state index contributed by atoms with van der Waals surface area (Å²) in [5.41, 5.74) is 1.86. The Balaban J connectivity index is 1.69. The molecule has 148 valence electrons. The molecule has 2 aliphatic rings. The second-order valence-electron chi connectivity index (χ2n) is 8.00. The molecule has 27 heavy (non-hydrogen) atoms. The lowest BCUT2D eigenvalue weighted by Gasteiger charge is -2.46. The van der Waals surface area contributed by atoms with Gasteiger partial charge in [-0.1, -0.05) is 17.7 Å². The zero-order valence-corrected chi connectivity index (χ0v) is 16.4. The van der Waals surface area contributed by atoms with Crippen molar-refractivity contribution < 1.29 is 14.7 Å². The van der Waals surface area contributed by atoms with Crippen LogP contribution < -0.4 is 0 Å². The molecule has 2 saturated heterocycles. The van der Waals surface area contributed by atoms with Gasteiger partial charge in [0.2, 0.25) is 0 Å². The number of nitrogens with zero attached hydrogens (tertiary/aromatic N) is 3. The van der Waals surface area contributed by atoms with Crippen molar-refractivity contribution in [1.29, 1.82) is 0 Å². The number of carbonyl (C=O) groups excluding carboxylic acids is 1. The fourth-order valence-corrected chi connectivity index (χ4v) is 4.31. The maximum Gasteiger partial charge on any atom is 0.303 e. The van der Waals surface area contributed by atoms with Crippen LogP contribution in [0.5, 0.6) is 0 Å². The number of aryl methyl sites for hydroxylation is 1. The maximum atomic E-state index is 12.9. The van der Waals surface area contributed by atoms with E-state index >= 15 is 0 Å². The molecular formula is C21H31N3O3. The van der Waals surface area contributed by atoms with Gasteiger partial charge in [0.25, 0.3) is 5.91 Å². The third-order valence-corrected chi connectivity index (χ3v) is 6.02. The van der Waals surface area contributed by atoms with Gasteiger partial charge < -0.3 is 14.9 Å². The van der Waals surface area contributed by atoms with Gasteiger partial charge in [-0.25, -0.2) is 0 Å². The Morgan fingerprint density at radius 2 is 1.74 bits per heavy atom. The average molecular weight is 373 g/mol. The minimum atomic E-state index is -0.755. The number of aliphatic carboxylic acids is 1. The first-order chi connectivity index (χ1) is 12.9. The highest BCUT2D eigenvalue weighted by Gasteiger charge is 2.36. The van der Waals surface area contributed by atoms with E-state index in [1.807, 2.05) is 36.1 Å². The van der Waals surface area contributed by atoms with E-state index in [-0.39, 0.29) is 18.2 Å². The van der Waals surface area contributed by atoms with Gasteiger partial charge in [0.15, 0.2) is 0 Å². The number of carbonyl (C=O) groups is 2. The van der Waals surface area contributed by atoms with Crippen molar-refractivity contribution >= 4 is 11.9 Å². The van der Waals surface area contributed by atoms with Gasteiger partial charge in [-0.05, 0) is 44.9 Å². The number of likely N-dealkylation sites (N-methyl/N-ethyl adjacent to an activating group) is 1. The number of rotatable bonds is 5. The molecule has 1 N–H and O–H groups in total. The molecule has 6 nitrogen and oxygen atoms in total. The monoisotopic (exact) mass is 373 g/mol. The van der Waals surface area contributed by atoms with Crippen LogP contribution in [0.1, 0.15) is 35.2 Å². The van der Waals surface area contributed by atoms with Crippen molar-refractivity contribution in [3.63, 3.8) is 0 Å². The number of amides is 1. The van der Waals surface area contributed by atoms with Crippen molar-refractivity contribution in [1.82, 2.24) is 14.7 Å².